The molecule has 0 unspecified atom stereocenters. The van der Waals surface area contributed by atoms with Gasteiger partial charge >= 0.3 is 5.97 Å². The summed E-state index contributed by atoms with van der Waals surface area (Å²) in [6, 6.07) is 9.26. The van der Waals surface area contributed by atoms with Crippen LogP contribution in [-0.2, 0) is 11.3 Å². The van der Waals surface area contributed by atoms with Crippen LogP contribution < -0.4 is 0 Å². The maximum atomic E-state index is 11.8. The number of carbonyl (C=O) groups is 2. The van der Waals surface area contributed by atoms with Gasteiger partial charge in [0.05, 0.1) is 0 Å². The molecule has 0 radical (unpaired) electrons. The van der Waals surface area contributed by atoms with Gasteiger partial charge in [-0.1, -0.05) is 29.8 Å². The highest BCUT2D eigenvalue weighted by molar-refractivity contribution is 5.97. The minimum Gasteiger partial charge on any atom is -0.456 e. The zero-order chi connectivity index (χ0) is 13.8. The fourth-order valence-electron chi connectivity index (χ4n) is 1.74. The van der Waals surface area contributed by atoms with E-state index in [-0.39, 0.29) is 18.1 Å². The lowest BCUT2D eigenvalue weighted by molar-refractivity contribution is 0.0466. The summed E-state index contributed by atoms with van der Waals surface area (Å²) in [5.74, 6) is -0.553. The molecule has 0 aliphatic heterocycles. The average Bonchev–Trinajstić information content (AvgIpc) is 2.86. The predicted molar refractivity (Wildman–Crippen MR) is 71.1 cm³/mol. The predicted octanol–water partition coefficient (Wildman–Crippen LogP) is 2.88. The molecule has 1 heterocycles. The monoisotopic (exact) mass is 257 g/mol. The number of rotatable bonds is 4. The van der Waals surface area contributed by atoms with E-state index in [2.05, 4.69) is 4.98 Å². The molecule has 1 aromatic carbocycles. The summed E-state index contributed by atoms with van der Waals surface area (Å²) >= 11 is 0. The van der Waals surface area contributed by atoms with Gasteiger partial charge in [-0.3, -0.25) is 4.79 Å². The molecule has 0 saturated heterocycles. The Morgan fingerprint density at radius 1 is 1.26 bits per heavy atom. The fraction of sp³-hybridized carbons (Fsp3) is 0.200. The third kappa shape index (κ3) is 3.31. The van der Waals surface area contributed by atoms with Crippen LogP contribution in [0.1, 0.15) is 38.9 Å². The summed E-state index contributed by atoms with van der Waals surface area (Å²) < 4.78 is 5.18. The van der Waals surface area contributed by atoms with Crippen LogP contribution in [0.5, 0.6) is 0 Å². The molecule has 0 fully saturated rings. The number of Topliss-reactive ketones (excluding diaryl/α,β-unsaturated/α-hetero) is 1. The Kier molecular flexibility index (Phi) is 3.80. The number of H-pyrrole nitrogens is 1. The molecule has 0 aliphatic rings. The summed E-state index contributed by atoms with van der Waals surface area (Å²) in [5, 5.41) is 0. The largest absolute Gasteiger partial charge is 0.456 e. The SMILES string of the molecule is CC(=O)c1c[nH]c(C(=O)OCc2cccc(C)c2)c1. The summed E-state index contributed by atoms with van der Waals surface area (Å²) in [7, 11) is 0. The second-order valence-corrected chi connectivity index (χ2v) is 4.42. The molecule has 4 heteroatoms. The molecule has 2 rings (SSSR count). The molecule has 0 saturated carbocycles. The van der Waals surface area contributed by atoms with E-state index in [1.54, 1.807) is 0 Å². The summed E-state index contributed by atoms with van der Waals surface area (Å²) in [4.78, 5) is 25.6. The van der Waals surface area contributed by atoms with Gasteiger partial charge in [-0.2, -0.15) is 0 Å². The number of hydrogen-bond acceptors (Lipinski definition) is 3. The van der Waals surface area contributed by atoms with Gasteiger partial charge in [-0.25, -0.2) is 4.79 Å². The van der Waals surface area contributed by atoms with Crippen molar-refractivity contribution >= 4 is 11.8 Å². The topological polar surface area (TPSA) is 59.2 Å². The van der Waals surface area contributed by atoms with Crippen molar-refractivity contribution in [3.05, 3.63) is 58.9 Å². The van der Waals surface area contributed by atoms with Crippen LogP contribution in [0.2, 0.25) is 0 Å². The highest BCUT2D eigenvalue weighted by Gasteiger charge is 2.12. The third-order valence-corrected chi connectivity index (χ3v) is 2.76. The number of carbonyl (C=O) groups excluding carboxylic acids is 2. The number of hydrogen-bond donors (Lipinski definition) is 1. The lowest BCUT2D eigenvalue weighted by Crippen LogP contribution is -2.05. The molecule has 2 aromatic rings. The normalized spacial score (nSPS) is 10.2. The minimum atomic E-state index is -0.464. The van der Waals surface area contributed by atoms with Crippen LogP contribution in [0.25, 0.3) is 0 Å². The van der Waals surface area contributed by atoms with Crippen LogP contribution in [0.15, 0.2) is 36.5 Å². The molecule has 0 spiro atoms. The number of ketones is 1. The van der Waals surface area contributed by atoms with Crippen LogP contribution in [0.4, 0.5) is 0 Å². The molecule has 0 bridgehead atoms. The summed E-state index contributed by atoms with van der Waals surface area (Å²) in [5.41, 5.74) is 2.82. The van der Waals surface area contributed by atoms with E-state index in [4.69, 9.17) is 4.74 Å². The molecule has 1 aromatic heterocycles. The Hall–Kier alpha value is -2.36. The first-order valence-corrected chi connectivity index (χ1v) is 5.98. The maximum Gasteiger partial charge on any atom is 0.355 e. The van der Waals surface area contributed by atoms with Crippen molar-refractivity contribution in [2.75, 3.05) is 0 Å². The number of nitrogens with one attached hydrogen (secondary N) is 1. The molecule has 0 amide bonds. The van der Waals surface area contributed by atoms with Crippen LogP contribution in [0.3, 0.4) is 0 Å². The van der Waals surface area contributed by atoms with Crippen LogP contribution in [-0.4, -0.2) is 16.7 Å². The van der Waals surface area contributed by atoms with E-state index in [0.29, 0.717) is 5.56 Å². The standard InChI is InChI=1S/C15H15NO3/c1-10-4-3-5-12(6-10)9-19-15(18)14-7-13(8-16-14)11(2)17/h3-8,16H,9H2,1-2H3. The van der Waals surface area contributed by atoms with Crippen molar-refractivity contribution in [1.82, 2.24) is 4.98 Å². The van der Waals surface area contributed by atoms with Gasteiger partial charge in [0.15, 0.2) is 5.78 Å². The molecule has 19 heavy (non-hydrogen) atoms. The van der Waals surface area contributed by atoms with Gasteiger partial charge in [0, 0.05) is 11.8 Å². The number of benzene rings is 1. The van der Waals surface area contributed by atoms with Gasteiger partial charge in [0.1, 0.15) is 12.3 Å². The molecule has 0 atom stereocenters. The summed E-state index contributed by atoms with van der Waals surface area (Å²) in [6.45, 7) is 3.65. The summed E-state index contributed by atoms with van der Waals surface area (Å²) in [6.07, 6.45) is 1.51. The number of ether oxygens (including phenoxy) is 1. The zero-order valence-electron chi connectivity index (χ0n) is 10.9. The molecule has 98 valence electrons. The Morgan fingerprint density at radius 3 is 2.68 bits per heavy atom. The molecule has 4 nitrogen and oxygen atoms in total. The maximum absolute atomic E-state index is 11.8. The van der Waals surface area contributed by atoms with E-state index in [1.807, 2.05) is 31.2 Å². The van der Waals surface area contributed by atoms with E-state index < -0.39 is 5.97 Å². The number of aryl methyl sites for hydroxylation is 1. The minimum absolute atomic E-state index is 0.0889. The van der Waals surface area contributed by atoms with Gasteiger partial charge < -0.3 is 9.72 Å². The third-order valence-electron chi connectivity index (χ3n) is 2.76. The quantitative estimate of drug-likeness (QED) is 0.676. The first-order valence-electron chi connectivity index (χ1n) is 5.98. The smallest absolute Gasteiger partial charge is 0.355 e. The molecule has 1 N–H and O–H groups in total. The van der Waals surface area contributed by atoms with Crippen molar-refractivity contribution in [3.63, 3.8) is 0 Å². The second-order valence-electron chi connectivity index (χ2n) is 4.42. The molecule has 0 aliphatic carbocycles. The van der Waals surface area contributed by atoms with Crippen LogP contribution in [0, 0.1) is 6.92 Å². The Balaban J connectivity index is 1.99. The Bertz CT molecular complexity index is 613. The highest BCUT2D eigenvalue weighted by Crippen LogP contribution is 2.09. The number of aromatic nitrogens is 1. The van der Waals surface area contributed by atoms with Gasteiger partial charge in [-0.15, -0.1) is 0 Å². The van der Waals surface area contributed by atoms with Gasteiger partial charge in [-0.05, 0) is 25.5 Å². The van der Waals surface area contributed by atoms with Crippen molar-refractivity contribution in [1.29, 1.82) is 0 Å². The number of esters is 1. The highest BCUT2D eigenvalue weighted by atomic mass is 16.5. The number of aromatic amines is 1. The lowest BCUT2D eigenvalue weighted by Gasteiger charge is -2.04. The van der Waals surface area contributed by atoms with E-state index >= 15 is 0 Å². The van der Waals surface area contributed by atoms with Crippen molar-refractivity contribution < 1.29 is 14.3 Å². The van der Waals surface area contributed by atoms with Gasteiger partial charge in [0.2, 0.25) is 0 Å². The average molecular weight is 257 g/mol. The van der Waals surface area contributed by atoms with Crippen molar-refractivity contribution in [2.45, 2.75) is 20.5 Å². The first-order chi connectivity index (χ1) is 9.06. The second kappa shape index (κ2) is 5.52. The zero-order valence-corrected chi connectivity index (χ0v) is 10.9. The van der Waals surface area contributed by atoms with Gasteiger partial charge in [0.25, 0.3) is 0 Å². The Morgan fingerprint density at radius 2 is 2.05 bits per heavy atom. The molecular formula is C15H15NO3. The van der Waals surface area contributed by atoms with Crippen molar-refractivity contribution in [2.24, 2.45) is 0 Å². The van der Waals surface area contributed by atoms with Crippen molar-refractivity contribution in [3.8, 4) is 0 Å². The lowest BCUT2D eigenvalue weighted by atomic mass is 10.1. The first kappa shape index (κ1) is 13.1. The van der Waals surface area contributed by atoms with E-state index in [1.165, 1.54) is 19.2 Å². The van der Waals surface area contributed by atoms with E-state index in [0.717, 1.165) is 11.1 Å². The fourth-order valence-corrected chi connectivity index (χ4v) is 1.74. The molecular weight excluding hydrogens is 242 g/mol. The Labute approximate surface area is 111 Å². The van der Waals surface area contributed by atoms with E-state index in [9.17, 15) is 9.59 Å². The van der Waals surface area contributed by atoms with Crippen LogP contribution >= 0.6 is 0 Å².